The van der Waals surface area contributed by atoms with Crippen LogP contribution in [0.25, 0.3) is 0 Å². The third kappa shape index (κ3) is 5.64. The van der Waals surface area contributed by atoms with Gasteiger partial charge in [-0.3, -0.25) is 14.4 Å². The minimum atomic E-state index is -1.36. The van der Waals surface area contributed by atoms with Crippen LogP contribution in [0.5, 0.6) is 0 Å². The number of hydrogen-bond donors (Lipinski definition) is 3. The first kappa shape index (κ1) is 26.2. The van der Waals surface area contributed by atoms with Crippen molar-refractivity contribution >= 4 is 23.4 Å². The minimum Gasteiger partial charge on any atom is -0.343 e. The van der Waals surface area contributed by atoms with Crippen molar-refractivity contribution < 1.29 is 27.6 Å². The molecule has 0 unspecified atom stereocenters. The molecule has 3 rings (SSSR count). The highest BCUT2D eigenvalue weighted by atomic mass is 19.1. The van der Waals surface area contributed by atoms with E-state index in [4.69, 9.17) is 0 Å². The van der Waals surface area contributed by atoms with Crippen molar-refractivity contribution in [2.45, 2.75) is 45.3 Å². The molecule has 0 bridgehead atoms. The number of carbonyl (C=O) groups excluding carboxylic acids is 3. The van der Waals surface area contributed by atoms with Gasteiger partial charge in [0.2, 0.25) is 11.8 Å². The number of para-hydroxylation sites is 1. The van der Waals surface area contributed by atoms with E-state index in [9.17, 15) is 27.6 Å². The molecule has 1 heterocycles. The van der Waals surface area contributed by atoms with Crippen molar-refractivity contribution in [2.75, 3.05) is 18.9 Å². The van der Waals surface area contributed by atoms with E-state index in [-0.39, 0.29) is 18.0 Å². The summed E-state index contributed by atoms with van der Waals surface area (Å²) in [5.41, 5.74) is 0.194. The number of nitrogens with zero attached hydrogens (tertiary/aromatic N) is 1. The summed E-state index contributed by atoms with van der Waals surface area (Å²) in [5.74, 6) is -4.79. The van der Waals surface area contributed by atoms with Crippen molar-refractivity contribution in [1.82, 2.24) is 15.5 Å². The molecule has 0 aromatic heterocycles. The zero-order valence-corrected chi connectivity index (χ0v) is 20.0. The van der Waals surface area contributed by atoms with Gasteiger partial charge < -0.3 is 20.9 Å². The maximum atomic E-state index is 14.2. The Bertz CT molecular complexity index is 1100. The fraction of sp³-hybridized carbons (Fsp3) is 0.400. The van der Waals surface area contributed by atoms with Crippen molar-refractivity contribution in [3.8, 4) is 0 Å². The SMILES string of the molecule is CN[C@@H](C)C(=O)N[C@H](C(=O)N1CCc2ccc(F)cc2[C@@H]1C(=O)Nc1c(F)cccc1F)C(C)C. The molecule has 2 aromatic carbocycles. The van der Waals surface area contributed by atoms with Gasteiger partial charge in [0, 0.05) is 6.54 Å². The van der Waals surface area contributed by atoms with E-state index < -0.39 is 59.0 Å². The molecule has 0 aliphatic carbocycles. The average molecular weight is 491 g/mol. The van der Waals surface area contributed by atoms with Crippen LogP contribution in [0.4, 0.5) is 18.9 Å². The second-order valence-electron chi connectivity index (χ2n) is 8.85. The van der Waals surface area contributed by atoms with Gasteiger partial charge in [-0.25, -0.2) is 13.2 Å². The van der Waals surface area contributed by atoms with Crippen LogP contribution in [0, 0.1) is 23.4 Å². The zero-order valence-electron chi connectivity index (χ0n) is 20.0. The van der Waals surface area contributed by atoms with Crippen molar-refractivity contribution in [1.29, 1.82) is 0 Å². The Kier molecular flexibility index (Phi) is 8.16. The molecule has 1 aliphatic heterocycles. The maximum Gasteiger partial charge on any atom is 0.251 e. The monoisotopic (exact) mass is 490 g/mol. The van der Waals surface area contributed by atoms with Gasteiger partial charge in [-0.15, -0.1) is 0 Å². The van der Waals surface area contributed by atoms with E-state index in [2.05, 4.69) is 16.0 Å². The van der Waals surface area contributed by atoms with Gasteiger partial charge in [0.15, 0.2) is 0 Å². The molecule has 188 valence electrons. The van der Waals surface area contributed by atoms with Crippen LogP contribution in [-0.2, 0) is 20.8 Å². The fourth-order valence-electron chi connectivity index (χ4n) is 4.02. The Morgan fingerprint density at radius 2 is 1.69 bits per heavy atom. The second-order valence-corrected chi connectivity index (χ2v) is 8.85. The number of amides is 3. The molecule has 1 aliphatic rings. The van der Waals surface area contributed by atoms with Crippen LogP contribution in [0.15, 0.2) is 36.4 Å². The lowest BCUT2D eigenvalue weighted by Gasteiger charge is -2.39. The molecule has 7 nitrogen and oxygen atoms in total. The lowest BCUT2D eigenvalue weighted by Crippen LogP contribution is -2.57. The van der Waals surface area contributed by atoms with Gasteiger partial charge in [0.05, 0.1) is 6.04 Å². The molecule has 0 saturated heterocycles. The van der Waals surface area contributed by atoms with Crippen LogP contribution in [0.2, 0.25) is 0 Å². The first-order chi connectivity index (χ1) is 16.5. The van der Waals surface area contributed by atoms with Crippen LogP contribution in [0.1, 0.15) is 37.9 Å². The topological polar surface area (TPSA) is 90.5 Å². The lowest BCUT2D eigenvalue weighted by molar-refractivity contribution is -0.144. The first-order valence-electron chi connectivity index (χ1n) is 11.4. The van der Waals surface area contributed by atoms with Crippen LogP contribution in [-0.4, -0.2) is 48.3 Å². The molecule has 2 aromatic rings. The number of benzene rings is 2. The highest BCUT2D eigenvalue weighted by Crippen LogP contribution is 2.33. The van der Waals surface area contributed by atoms with Gasteiger partial charge in [0.25, 0.3) is 5.91 Å². The van der Waals surface area contributed by atoms with Crippen molar-refractivity contribution in [3.05, 3.63) is 65.0 Å². The summed E-state index contributed by atoms with van der Waals surface area (Å²) in [4.78, 5) is 40.7. The molecular weight excluding hydrogens is 461 g/mol. The molecular formula is C25H29F3N4O3. The Morgan fingerprint density at radius 1 is 1.03 bits per heavy atom. The summed E-state index contributed by atoms with van der Waals surface area (Å²) in [6, 6.07) is 4.14. The van der Waals surface area contributed by atoms with Gasteiger partial charge >= 0.3 is 0 Å². The molecule has 0 spiro atoms. The van der Waals surface area contributed by atoms with Gasteiger partial charge in [-0.2, -0.15) is 0 Å². The Labute approximate surface area is 202 Å². The van der Waals surface area contributed by atoms with E-state index in [0.717, 1.165) is 24.3 Å². The predicted molar refractivity (Wildman–Crippen MR) is 125 cm³/mol. The van der Waals surface area contributed by atoms with Crippen LogP contribution >= 0.6 is 0 Å². The highest BCUT2D eigenvalue weighted by molar-refractivity contribution is 6.00. The van der Waals surface area contributed by atoms with Crippen LogP contribution in [0.3, 0.4) is 0 Å². The molecule has 0 saturated carbocycles. The molecule has 10 heteroatoms. The first-order valence-corrected chi connectivity index (χ1v) is 11.4. The second kappa shape index (κ2) is 10.9. The van der Waals surface area contributed by atoms with E-state index in [0.29, 0.717) is 12.0 Å². The van der Waals surface area contributed by atoms with E-state index in [1.807, 2.05) is 0 Å². The van der Waals surface area contributed by atoms with Gasteiger partial charge in [-0.05, 0) is 61.7 Å². The summed E-state index contributed by atoms with van der Waals surface area (Å²) < 4.78 is 42.6. The van der Waals surface area contributed by atoms with Gasteiger partial charge in [-0.1, -0.05) is 26.0 Å². The Balaban J connectivity index is 2.00. The summed E-state index contributed by atoms with van der Waals surface area (Å²) in [5, 5.41) is 7.73. The number of nitrogens with one attached hydrogen (secondary N) is 3. The third-order valence-corrected chi connectivity index (χ3v) is 6.14. The lowest BCUT2D eigenvalue weighted by atomic mass is 9.90. The standard InChI is InChI=1S/C25H29F3N4O3/c1-13(2)20(30-23(33)14(3)29-4)25(35)32-11-10-15-8-9-16(26)12-17(15)22(32)24(34)31-21-18(27)6-5-7-19(21)28/h5-9,12-14,20,22,29H,10-11H2,1-4H3,(H,30,33)(H,31,34)/t14-,20-,22+/m0/s1. The molecule has 3 atom stereocenters. The molecule has 0 fully saturated rings. The quantitative estimate of drug-likeness (QED) is 0.557. The zero-order chi connectivity index (χ0) is 25.9. The van der Waals surface area contributed by atoms with E-state index in [1.54, 1.807) is 27.8 Å². The fourth-order valence-corrected chi connectivity index (χ4v) is 4.02. The largest absolute Gasteiger partial charge is 0.343 e. The number of hydrogen-bond acceptors (Lipinski definition) is 4. The average Bonchev–Trinajstić information content (AvgIpc) is 2.82. The number of likely N-dealkylation sites (N-methyl/N-ethyl adjacent to an activating group) is 1. The summed E-state index contributed by atoms with van der Waals surface area (Å²) >= 11 is 0. The number of halogens is 3. The van der Waals surface area contributed by atoms with Crippen molar-refractivity contribution in [2.24, 2.45) is 5.92 Å². The summed E-state index contributed by atoms with van der Waals surface area (Å²) in [6.07, 6.45) is 0.338. The van der Waals surface area contributed by atoms with E-state index >= 15 is 0 Å². The summed E-state index contributed by atoms with van der Waals surface area (Å²) in [7, 11) is 1.61. The Hall–Kier alpha value is -3.40. The number of anilines is 1. The third-order valence-electron chi connectivity index (χ3n) is 6.14. The normalized spacial score (nSPS) is 16.9. The smallest absolute Gasteiger partial charge is 0.251 e. The Morgan fingerprint density at radius 3 is 2.29 bits per heavy atom. The van der Waals surface area contributed by atoms with Gasteiger partial charge in [0.1, 0.15) is 35.2 Å². The predicted octanol–water partition coefficient (Wildman–Crippen LogP) is 2.92. The number of carbonyl (C=O) groups is 3. The van der Waals surface area contributed by atoms with Crippen LogP contribution < -0.4 is 16.0 Å². The number of rotatable bonds is 7. The molecule has 3 N–H and O–H groups in total. The van der Waals surface area contributed by atoms with E-state index in [1.165, 1.54) is 17.0 Å². The highest BCUT2D eigenvalue weighted by Gasteiger charge is 2.40. The molecule has 3 amide bonds. The molecule has 0 radical (unpaired) electrons. The maximum absolute atomic E-state index is 14.2. The minimum absolute atomic E-state index is 0.0932. The summed E-state index contributed by atoms with van der Waals surface area (Å²) in [6.45, 7) is 5.22. The molecule has 35 heavy (non-hydrogen) atoms. The number of fused-ring (bicyclic) bond motifs is 1. The van der Waals surface area contributed by atoms with Crippen molar-refractivity contribution in [3.63, 3.8) is 0 Å².